The number of nitrogens with zero attached hydrogens (tertiary/aromatic N) is 2. The highest BCUT2D eigenvalue weighted by atomic mass is 19.4. The fraction of sp³-hybridized carbons (Fsp3) is 0.444. The molecule has 0 bridgehead atoms. The van der Waals surface area contributed by atoms with Crippen LogP contribution in [0.1, 0.15) is 71.4 Å². The molecule has 1 heterocycles. The molecule has 3 atom stereocenters. The molecule has 3 rings (SSSR count). The first-order valence-electron chi connectivity index (χ1n) is 16.3. The molecule has 0 fully saturated rings. The summed E-state index contributed by atoms with van der Waals surface area (Å²) < 4.78 is 81.8. The normalized spacial score (nSPS) is 15.2. The van der Waals surface area contributed by atoms with Gasteiger partial charge in [-0.3, -0.25) is 19.3 Å². The minimum atomic E-state index is -4.61. The van der Waals surface area contributed by atoms with Crippen LogP contribution in [-0.2, 0) is 28.7 Å². The van der Waals surface area contributed by atoms with E-state index in [4.69, 9.17) is 15.2 Å². The van der Waals surface area contributed by atoms with Gasteiger partial charge < -0.3 is 25.8 Å². The van der Waals surface area contributed by atoms with Crippen LogP contribution in [0, 0.1) is 18.8 Å². The van der Waals surface area contributed by atoms with Crippen molar-refractivity contribution in [1.29, 1.82) is 0 Å². The quantitative estimate of drug-likeness (QED) is 0.148. The zero-order valence-corrected chi connectivity index (χ0v) is 30.2. The molecule has 4 N–H and O–H groups in total. The van der Waals surface area contributed by atoms with Gasteiger partial charge in [0.1, 0.15) is 11.6 Å². The summed E-state index contributed by atoms with van der Waals surface area (Å²) in [6, 6.07) is 13.9. The second kappa shape index (κ2) is 20.6. The summed E-state index contributed by atoms with van der Waals surface area (Å²) in [7, 11) is 0. The second-order valence-electron chi connectivity index (χ2n) is 12.5. The van der Waals surface area contributed by atoms with E-state index in [1.54, 1.807) is 75.4 Å². The van der Waals surface area contributed by atoms with Crippen LogP contribution in [-0.4, -0.2) is 72.4 Å². The number of primary amides is 1. The monoisotopic (exact) mass is 771 g/mol. The van der Waals surface area contributed by atoms with E-state index in [0.29, 0.717) is 11.1 Å². The summed E-state index contributed by atoms with van der Waals surface area (Å²) in [5, 5.41) is 4.71. The number of rotatable bonds is 11. The number of nitrogens with one attached hydrogen (secondary N) is 2. The number of anilines is 1. The van der Waals surface area contributed by atoms with Crippen molar-refractivity contribution in [1.82, 2.24) is 10.6 Å². The van der Waals surface area contributed by atoms with E-state index in [1.165, 1.54) is 6.92 Å². The molecule has 0 saturated carbocycles. The smallest absolute Gasteiger partial charge is 0.408 e. The number of ether oxygens (including phenoxy) is 2. The van der Waals surface area contributed by atoms with Crippen molar-refractivity contribution < 1.29 is 59.8 Å². The summed E-state index contributed by atoms with van der Waals surface area (Å²) >= 11 is 0. The lowest BCUT2D eigenvalue weighted by Crippen LogP contribution is -2.50. The number of carbonyl (C=O) groups is 5. The fourth-order valence-electron chi connectivity index (χ4n) is 4.44. The van der Waals surface area contributed by atoms with Crippen molar-refractivity contribution in [2.24, 2.45) is 16.6 Å². The number of alkyl carbamates (subject to hydrolysis) is 1. The number of esters is 1. The first-order chi connectivity index (χ1) is 25.0. The number of para-hydroxylation sites is 1. The average Bonchev–Trinajstić information content (AvgIpc) is 3.19. The minimum absolute atomic E-state index is 0.248. The molecule has 296 valence electrons. The second-order valence-corrected chi connectivity index (χ2v) is 12.5. The Labute approximate surface area is 308 Å². The number of alkyl halides is 6. The molecular formula is C36H43F6N5O7. The van der Waals surface area contributed by atoms with E-state index in [9.17, 15) is 50.3 Å². The third-order valence-electron chi connectivity index (χ3n) is 6.95. The van der Waals surface area contributed by atoms with E-state index in [2.05, 4.69) is 28.5 Å². The summed E-state index contributed by atoms with van der Waals surface area (Å²) in [5.74, 6) is -5.35. The van der Waals surface area contributed by atoms with E-state index < -0.39 is 98.3 Å². The van der Waals surface area contributed by atoms with Crippen molar-refractivity contribution in [3.63, 3.8) is 0 Å². The Bertz CT molecular complexity index is 1640. The van der Waals surface area contributed by atoms with Crippen LogP contribution in [0.3, 0.4) is 0 Å². The van der Waals surface area contributed by atoms with Gasteiger partial charge in [-0.05, 0) is 40.2 Å². The van der Waals surface area contributed by atoms with Crippen LogP contribution < -0.4 is 21.3 Å². The van der Waals surface area contributed by atoms with Crippen LogP contribution in [0.15, 0.2) is 59.6 Å². The van der Waals surface area contributed by atoms with Crippen LogP contribution in [0.25, 0.3) is 0 Å². The third kappa shape index (κ3) is 16.4. The van der Waals surface area contributed by atoms with Crippen molar-refractivity contribution in [2.75, 3.05) is 11.6 Å². The molecule has 0 radical (unpaired) electrons. The minimum Gasteiger partial charge on any atom is -0.444 e. The van der Waals surface area contributed by atoms with E-state index in [0.717, 1.165) is 11.8 Å². The molecule has 18 heteroatoms. The summed E-state index contributed by atoms with van der Waals surface area (Å²) in [5.41, 5.74) is 5.84. The number of nitrogens with two attached hydrogens (primary N) is 1. The van der Waals surface area contributed by atoms with Gasteiger partial charge in [0.2, 0.25) is 18.0 Å². The Morgan fingerprint density at radius 2 is 1.50 bits per heavy atom. The highest BCUT2D eigenvalue weighted by Crippen LogP contribution is 2.29. The molecule has 0 aliphatic carbocycles. The standard InChI is InChI=1S/C31H36F3N5O7.C3H5F3.C2H2/c1-18(36-29(44)46-30(2,3)4)28(43)45-17-39-22-13-9-8-12-21(22)24(19-10-6-5-7-11-19)37-25(27(39)42)38-26(41)20(16-23(35)40)14-15-31(32,33)34;1-2-3(4,5)6;1-2/h5-13,18,20,25H,14-17H2,1-4H3,(H2,35,40)(H,36,44)(H,38,41);2H2,1H3;1-2H/t18-,20+,25+;;/m0../s1. The number of benzodiazepines with no additional fused rings is 1. The van der Waals surface area contributed by atoms with Gasteiger partial charge in [-0.2, -0.15) is 26.3 Å². The number of aliphatic imine (C=N–C) groups is 1. The molecular weight excluding hydrogens is 728 g/mol. The van der Waals surface area contributed by atoms with Crippen molar-refractivity contribution >= 4 is 41.2 Å². The molecule has 12 nitrogen and oxygen atoms in total. The summed E-state index contributed by atoms with van der Waals surface area (Å²) in [6.07, 6.45) is -6.67. The highest BCUT2D eigenvalue weighted by Gasteiger charge is 2.37. The molecule has 0 aromatic heterocycles. The largest absolute Gasteiger partial charge is 0.444 e. The Kier molecular flexibility index (Phi) is 17.7. The fourth-order valence-corrected chi connectivity index (χ4v) is 4.44. The van der Waals surface area contributed by atoms with Gasteiger partial charge in [0.05, 0.1) is 11.4 Å². The Morgan fingerprint density at radius 3 is 2.02 bits per heavy atom. The maximum absolute atomic E-state index is 14.0. The van der Waals surface area contributed by atoms with E-state index in [-0.39, 0.29) is 11.4 Å². The number of fused-ring (bicyclic) bond motifs is 1. The van der Waals surface area contributed by atoms with E-state index >= 15 is 0 Å². The number of amides is 4. The van der Waals surface area contributed by atoms with Crippen LogP contribution in [0.2, 0.25) is 0 Å². The molecule has 2 aromatic carbocycles. The molecule has 4 amide bonds. The zero-order valence-electron chi connectivity index (χ0n) is 30.2. The van der Waals surface area contributed by atoms with Gasteiger partial charge in [-0.1, -0.05) is 55.5 Å². The molecule has 0 spiro atoms. The molecule has 1 aliphatic heterocycles. The number of carbonyl (C=O) groups excluding carboxylic acids is 5. The van der Waals surface area contributed by atoms with Crippen molar-refractivity contribution in [2.45, 2.75) is 90.5 Å². The Morgan fingerprint density at radius 1 is 0.944 bits per heavy atom. The molecule has 2 aromatic rings. The van der Waals surface area contributed by atoms with Gasteiger partial charge in [0.15, 0.2) is 6.73 Å². The number of halogens is 6. The predicted molar refractivity (Wildman–Crippen MR) is 187 cm³/mol. The zero-order chi connectivity index (χ0) is 41.4. The Hall–Kier alpha value is -5.60. The maximum atomic E-state index is 14.0. The van der Waals surface area contributed by atoms with Crippen LogP contribution in [0.4, 0.5) is 36.8 Å². The lowest BCUT2D eigenvalue weighted by Gasteiger charge is -2.26. The first kappa shape index (κ1) is 46.4. The van der Waals surface area contributed by atoms with Gasteiger partial charge in [0.25, 0.3) is 5.91 Å². The van der Waals surface area contributed by atoms with E-state index in [1.807, 2.05) is 0 Å². The first-order valence-corrected chi connectivity index (χ1v) is 16.3. The number of hydrogen-bond acceptors (Lipinski definition) is 8. The lowest BCUT2D eigenvalue weighted by atomic mass is 9.97. The number of benzene rings is 2. The summed E-state index contributed by atoms with van der Waals surface area (Å²) in [4.78, 5) is 69.3. The van der Waals surface area contributed by atoms with Crippen molar-refractivity contribution in [3.05, 3.63) is 65.7 Å². The Balaban J connectivity index is 0.00000165. The van der Waals surface area contributed by atoms with Gasteiger partial charge in [-0.15, -0.1) is 12.8 Å². The van der Waals surface area contributed by atoms with Crippen LogP contribution >= 0.6 is 0 Å². The molecule has 0 saturated heterocycles. The third-order valence-corrected chi connectivity index (χ3v) is 6.95. The van der Waals surface area contributed by atoms with Gasteiger partial charge in [-0.25, -0.2) is 14.6 Å². The SMILES string of the molecule is C#C.CCC(F)(F)F.C[C@H](NC(=O)OC(C)(C)C)C(=O)OCN1C(=O)[C@@H](NC(=O)[C@H](CCC(F)(F)F)CC(N)=O)N=C(c2ccccc2)c2ccccc21. The average molecular weight is 772 g/mol. The topological polar surface area (TPSA) is 169 Å². The molecule has 1 aliphatic rings. The van der Waals surface area contributed by atoms with Crippen molar-refractivity contribution in [3.8, 4) is 12.8 Å². The molecule has 54 heavy (non-hydrogen) atoms. The molecule has 0 unspecified atom stereocenters. The number of hydrogen-bond donors (Lipinski definition) is 3. The lowest BCUT2D eigenvalue weighted by molar-refractivity contribution is -0.147. The van der Waals surface area contributed by atoms with Gasteiger partial charge in [0, 0.05) is 36.3 Å². The summed E-state index contributed by atoms with van der Waals surface area (Å²) in [6.45, 7) is 6.68. The number of terminal acetylenes is 1. The van der Waals surface area contributed by atoms with Crippen LogP contribution in [0.5, 0.6) is 0 Å². The maximum Gasteiger partial charge on any atom is 0.408 e. The van der Waals surface area contributed by atoms with Gasteiger partial charge >= 0.3 is 24.4 Å². The predicted octanol–water partition coefficient (Wildman–Crippen LogP) is 5.77. The highest BCUT2D eigenvalue weighted by molar-refractivity contribution is 6.20.